The third-order valence-electron chi connectivity index (χ3n) is 7.07. The number of hydrogen-bond donors (Lipinski definition) is 3. The van der Waals surface area contributed by atoms with Crippen molar-refractivity contribution in [1.29, 1.82) is 0 Å². The van der Waals surface area contributed by atoms with Crippen molar-refractivity contribution in [2.24, 2.45) is 0 Å². The number of halogens is 1. The standard InChI is InChI=1S/C33H37FN6O2S/c34-27-12-5-4-11-26(27)21-36-33(41)30-23-43-32(39-30)16-20-40(19-15-31-37-28-13-6-7-14-29(28)38-31)18-8-17-35-24-42-22-25-9-2-1-3-10-25/h1-7,9-14,23,35H,8,15-22,24H2,(H,36,41)(H,37,38). The number of rotatable bonds is 17. The summed E-state index contributed by atoms with van der Waals surface area (Å²) < 4.78 is 19.6. The van der Waals surface area contributed by atoms with Gasteiger partial charge in [-0.05, 0) is 43.3 Å². The van der Waals surface area contributed by atoms with Crippen molar-refractivity contribution in [3.8, 4) is 0 Å². The molecule has 0 fully saturated rings. The van der Waals surface area contributed by atoms with Crippen molar-refractivity contribution in [3.63, 3.8) is 0 Å². The maximum atomic E-state index is 13.9. The highest BCUT2D eigenvalue weighted by Crippen LogP contribution is 2.14. The van der Waals surface area contributed by atoms with Gasteiger partial charge in [0.2, 0.25) is 0 Å². The summed E-state index contributed by atoms with van der Waals surface area (Å²) in [6.45, 7) is 4.65. The van der Waals surface area contributed by atoms with Gasteiger partial charge in [0, 0.05) is 43.4 Å². The minimum absolute atomic E-state index is 0.124. The first kappa shape index (κ1) is 30.5. The predicted molar refractivity (Wildman–Crippen MR) is 168 cm³/mol. The number of thiazole rings is 1. The van der Waals surface area contributed by atoms with Gasteiger partial charge in [-0.3, -0.25) is 10.1 Å². The normalized spacial score (nSPS) is 11.4. The first-order valence-electron chi connectivity index (χ1n) is 14.6. The summed E-state index contributed by atoms with van der Waals surface area (Å²) in [6.07, 6.45) is 2.51. The summed E-state index contributed by atoms with van der Waals surface area (Å²) in [5.74, 6) is 0.342. The molecule has 0 aliphatic carbocycles. The van der Waals surface area contributed by atoms with Gasteiger partial charge in [0.15, 0.2) is 0 Å². The molecular weight excluding hydrogens is 563 g/mol. The minimum Gasteiger partial charge on any atom is -0.362 e. The van der Waals surface area contributed by atoms with E-state index in [0.717, 1.165) is 72.9 Å². The average molecular weight is 601 g/mol. The van der Waals surface area contributed by atoms with Crippen molar-refractivity contribution in [2.75, 3.05) is 32.9 Å². The number of carbonyl (C=O) groups is 1. The summed E-state index contributed by atoms with van der Waals surface area (Å²) in [4.78, 5) is 27.8. The lowest BCUT2D eigenvalue weighted by molar-refractivity contribution is 0.0946. The summed E-state index contributed by atoms with van der Waals surface area (Å²) in [5.41, 5.74) is 4.00. The number of ether oxygens (including phenoxy) is 1. The van der Waals surface area contributed by atoms with Crippen LogP contribution in [0.25, 0.3) is 11.0 Å². The number of nitrogens with zero attached hydrogens (tertiary/aromatic N) is 3. The molecule has 0 atom stereocenters. The van der Waals surface area contributed by atoms with Crippen LogP contribution in [-0.4, -0.2) is 58.7 Å². The lowest BCUT2D eigenvalue weighted by Crippen LogP contribution is -2.32. The highest BCUT2D eigenvalue weighted by molar-refractivity contribution is 7.09. The summed E-state index contributed by atoms with van der Waals surface area (Å²) >= 11 is 1.48. The molecule has 224 valence electrons. The number of fused-ring (bicyclic) bond motifs is 1. The molecule has 0 spiro atoms. The maximum Gasteiger partial charge on any atom is 0.271 e. The number of H-pyrrole nitrogens is 1. The van der Waals surface area contributed by atoms with Crippen LogP contribution in [-0.2, 0) is 30.7 Å². The molecule has 1 amide bonds. The Morgan fingerprint density at radius 3 is 2.58 bits per heavy atom. The van der Waals surface area contributed by atoms with E-state index in [2.05, 4.69) is 37.6 Å². The molecule has 0 aliphatic rings. The number of amides is 1. The minimum atomic E-state index is -0.334. The topological polar surface area (TPSA) is 95.2 Å². The Hall–Kier alpha value is -3.96. The maximum absolute atomic E-state index is 13.9. The molecule has 0 aliphatic heterocycles. The number of para-hydroxylation sites is 2. The van der Waals surface area contributed by atoms with E-state index in [1.807, 2.05) is 42.5 Å². The third-order valence-corrected chi connectivity index (χ3v) is 7.98. The fourth-order valence-corrected chi connectivity index (χ4v) is 5.50. The van der Waals surface area contributed by atoms with Crippen molar-refractivity contribution in [3.05, 3.63) is 118 Å². The van der Waals surface area contributed by atoms with E-state index in [1.165, 1.54) is 17.4 Å². The van der Waals surface area contributed by atoms with Crippen LogP contribution in [0.1, 0.15) is 38.9 Å². The van der Waals surface area contributed by atoms with Crippen LogP contribution >= 0.6 is 11.3 Å². The van der Waals surface area contributed by atoms with E-state index in [9.17, 15) is 9.18 Å². The highest BCUT2D eigenvalue weighted by atomic mass is 32.1. The number of aromatic amines is 1. The van der Waals surface area contributed by atoms with E-state index in [1.54, 1.807) is 23.6 Å². The Bertz CT molecular complexity index is 1540. The van der Waals surface area contributed by atoms with E-state index in [0.29, 0.717) is 24.6 Å². The molecule has 2 aromatic heterocycles. The number of nitrogens with one attached hydrogen (secondary N) is 3. The van der Waals surface area contributed by atoms with Crippen molar-refractivity contribution < 1.29 is 13.9 Å². The molecule has 3 aromatic carbocycles. The zero-order valence-electron chi connectivity index (χ0n) is 24.1. The van der Waals surface area contributed by atoms with E-state index in [-0.39, 0.29) is 18.3 Å². The molecule has 0 bridgehead atoms. The lowest BCUT2D eigenvalue weighted by Gasteiger charge is -2.21. The molecular formula is C33H37FN6O2S. The van der Waals surface area contributed by atoms with Crippen molar-refractivity contribution in [2.45, 2.75) is 32.4 Å². The van der Waals surface area contributed by atoms with Crippen LogP contribution in [0.3, 0.4) is 0 Å². The Balaban J connectivity index is 1.09. The molecule has 8 nitrogen and oxygen atoms in total. The molecule has 0 unspecified atom stereocenters. The van der Waals surface area contributed by atoms with Crippen LogP contribution < -0.4 is 10.6 Å². The van der Waals surface area contributed by atoms with Gasteiger partial charge < -0.3 is 19.9 Å². The van der Waals surface area contributed by atoms with E-state index >= 15 is 0 Å². The van der Waals surface area contributed by atoms with Gasteiger partial charge in [-0.25, -0.2) is 14.4 Å². The molecule has 43 heavy (non-hydrogen) atoms. The second-order valence-electron chi connectivity index (χ2n) is 10.3. The average Bonchev–Trinajstić information content (AvgIpc) is 3.69. The monoisotopic (exact) mass is 600 g/mol. The Morgan fingerprint density at radius 1 is 0.930 bits per heavy atom. The van der Waals surface area contributed by atoms with Crippen molar-refractivity contribution >= 4 is 28.3 Å². The quantitative estimate of drug-likeness (QED) is 0.0987. The molecule has 5 aromatic rings. The van der Waals surface area contributed by atoms with E-state index < -0.39 is 0 Å². The number of hydrogen-bond acceptors (Lipinski definition) is 7. The number of imidazole rings is 1. The molecule has 5 rings (SSSR count). The highest BCUT2D eigenvalue weighted by Gasteiger charge is 2.14. The third kappa shape index (κ3) is 9.52. The van der Waals surface area contributed by atoms with Crippen LogP contribution in [0.4, 0.5) is 4.39 Å². The summed E-state index contributed by atoms with van der Waals surface area (Å²) in [5, 5.41) is 8.81. The molecule has 3 N–H and O–H groups in total. The first-order chi connectivity index (χ1) is 21.1. The van der Waals surface area contributed by atoms with Crippen molar-refractivity contribution in [1.82, 2.24) is 30.5 Å². The van der Waals surface area contributed by atoms with Crippen LogP contribution in [0.15, 0.2) is 84.2 Å². The zero-order chi connectivity index (χ0) is 29.7. The van der Waals surface area contributed by atoms with Gasteiger partial charge in [-0.1, -0.05) is 60.7 Å². The fourth-order valence-electron chi connectivity index (χ4n) is 4.73. The van der Waals surface area contributed by atoms with Crippen LogP contribution in [0, 0.1) is 5.82 Å². The molecule has 10 heteroatoms. The Morgan fingerprint density at radius 2 is 1.72 bits per heavy atom. The van der Waals surface area contributed by atoms with Crippen LogP contribution in [0.2, 0.25) is 0 Å². The predicted octanol–water partition coefficient (Wildman–Crippen LogP) is 5.33. The SMILES string of the molecule is O=C(NCc1ccccc1F)c1csc(CCN(CCCNCOCc2ccccc2)CCc2nc3ccccc3[nH]2)n1. The second-order valence-corrected chi connectivity index (χ2v) is 11.2. The van der Waals surface area contributed by atoms with Gasteiger partial charge in [0.25, 0.3) is 5.91 Å². The lowest BCUT2D eigenvalue weighted by atomic mass is 10.2. The Kier molecular flexibility index (Phi) is 11.4. The van der Waals surface area contributed by atoms with Gasteiger partial charge in [0.05, 0.1) is 29.4 Å². The second kappa shape index (κ2) is 16.0. The van der Waals surface area contributed by atoms with Gasteiger partial charge in [0.1, 0.15) is 17.3 Å². The van der Waals surface area contributed by atoms with Gasteiger partial charge >= 0.3 is 0 Å². The summed E-state index contributed by atoms with van der Waals surface area (Å²) in [7, 11) is 0. The zero-order valence-corrected chi connectivity index (χ0v) is 24.9. The molecule has 0 radical (unpaired) electrons. The molecule has 0 saturated heterocycles. The van der Waals surface area contributed by atoms with E-state index in [4.69, 9.17) is 9.72 Å². The number of carbonyl (C=O) groups excluding carboxylic acids is 1. The molecule has 2 heterocycles. The number of benzene rings is 3. The van der Waals surface area contributed by atoms with Gasteiger partial charge in [-0.15, -0.1) is 11.3 Å². The fraction of sp³-hybridized carbons (Fsp3) is 0.303. The largest absolute Gasteiger partial charge is 0.362 e. The number of aromatic nitrogens is 3. The summed E-state index contributed by atoms with van der Waals surface area (Å²) in [6, 6.07) is 24.7. The first-order valence-corrected chi connectivity index (χ1v) is 15.5. The molecule has 0 saturated carbocycles. The van der Waals surface area contributed by atoms with Gasteiger partial charge in [-0.2, -0.15) is 0 Å². The smallest absolute Gasteiger partial charge is 0.271 e. The van der Waals surface area contributed by atoms with Crippen LogP contribution in [0.5, 0.6) is 0 Å². The Labute approximate surface area is 255 Å².